The third-order valence-electron chi connectivity index (χ3n) is 4.44. The van der Waals surface area contributed by atoms with Crippen LogP contribution in [0, 0.1) is 0 Å². The fraction of sp³-hybridized carbons (Fsp3) is 0.294. The second-order valence-corrected chi connectivity index (χ2v) is 6.18. The van der Waals surface area contributed by atoms with Crippen LogP contribution < -0.4 is 4.90 Å². The number of rotatable bonds is 2. The average Bonchev–Trinajstić information content (AvgIpc) is 3.10. The van der Waals surface area contributed by atoms with Gasteiger partial charge in [-0.15, -0.1) is 0 Å². The number of carbonyl (C=O) groups is 1. The van der Waals surface area contributed by atoms with Crippen molar-refractivity contribution in [2.45, 2.75) is 25.0 Å². The number of amides is 1. The molecule has 2 atom stereocenters. The molecule has 0 saturated carbocycles. The Morgan fingerprint density at radius 3 is 2.91 bits per heavy atom. The van der Waals surface area contributed by atoms with E-state index in [-0.39, 0.29) is 18.1 Å². The zero-order valence-electron chi connectivity index (χ0n) is 12.0. The largest absolute Gasteiger partial charge is 0.290 e. The molecule has 3 heterocycles. The Morgan fingerprint density at radius 2 is 2.14 bits per heavy atom. The summed E-state index contributed by atoms with van der Waals surface area (Å²) in [5, 5.41) is 0.641. The van der Waals surface area contributed by atoms with Gasteiger partial charge in [-0.2, -0.15) is 0 Å². The highest BCUT2D eigenvalue weighted by Gasteiger charge is 2.49. The lowest BCUT2D eigenvalue weighted by Crippen LogP contribution is -2.32. The van der Waals surface area contributed by atoms with Crippen molar-refractivity contribution in [2.24, 2.45) is 0 Å². The topological polar surface area (TPSA) is 36.4 Å². The summed E-state index contributed by atoms with van der Waals surface area (Å²) in [5.41, 5.74) is 1.89. The van der Waals surface area contributed by atoms with Crippen molar-refractivity contribution < 1.29 is 4.79 Å². The minimum atomic E-state index is -0.0906. The first-order valence-electron chi connectivity index (χ1n) is 7.50. The third-order valence-corrected chi connectivity index (χ3v) is 4.68. The van der Waals surface area contributed by atoms with Crippen LogP contribution in [-0.2, 0) is 4.79 Å². The van der Waals surface area contributed by atoms with Crippen molar-refractivity contribution in [3.05, 3.63) is 59.4 Å². The van der Waals surface area contributed by atoms with Gasteiger partial charge in [0.05, 0.1) is 6.04 Å². The fourth-order valence-corrected chi connectivity index (χ4v) is 3.72. The van der Waals surface area contributed by atoms with Crippen molar-refractivity contribution in [1.29, 1.82) is 0 Å². The molecule has 2 aromatic rings. The van der Waals surface area contributed by atoms with Gasteiger partial charge in [0.2, 0.25) is 5.91 Å². The number of benzene rings is 1. The zero-order chi connectivity index (χ0) is 15.1. The maximum Gasteiger partial charge on any atom is 0.246 e. The number of anilines is 1. The first-order chi connectivity index (χ1) is 10.8. The van der Waals surface area contributed by atoms with E-state index in [2.05, 4.69) is 9.88 Å². The minimum absolute atomic E-state index is 0.0239. The Hall–Kier alpha value is -1.91. The third kappa shape index (κ3) is 2.11. The van der Waals surface area contributed by atoms with E-state index in [4.69, 9.17) is 11.6 Å². The summed E-state index contributed by atoms with van der Waals surface area (Å²) in [5.74, 6) is 0.161. The van der Waals surface area contributed by atoms with Gasteiger partial charge in [-0.05, 0) is 37.1 Å². The predicted octanol–water partition coefficient (Wildman–Crippen LogP) is 3.24. The van der Waals surface area contributed by atoms with Crippen molar-refractivity contribution in [1.82, 2.24) is 9.88 Å². The molecule has 1 aromatic carbocycles. The van der Waals surface area contributed by atoms with E-state index in [1.54, 1.807) is 6.20 Å². The SMILES string of the molecule is O=C1[C@@H]2CCCN2[C@@H](c2cccnc2)N1c1cccc(Cl)c1. The number of hydrogen-bond donors (Lipinski definition) is 0. The normalized spacial score (nSPS) is 24.8. The van der Waals surface area contributed by atoms with E-state index in [0.717, 1.165) is 30.6 Å². The first kappa shape index (κ1) is 13.7. The van der Waals surface area contributed by atoms with Gasteiger partial charge in [-0.25, -0.2) is 0 Å². The second kappa shape index (κ2) is 5.38. The number of aromatic nitrogens is 1. The number of hydrogen-bond acceptors (Lipinski definition) is 3. The summed E-state index contributed by atoms with van der Waals surface area (Å²) in [7, 11) is 0. The molecular formula is C17H16ClN3O. The summed E-state index contributed by atoms with van der Waals surface area (Å²) in [6, 6.07) is 11.4. The highest BCUT2D eigenvalue weighted by molar-refractivity contribution is 6.31. The lowest BCUT2D eigenvalue weighted by atomic mass is 10.1. The Labute approximate surface area is 134 Å². The smallest absolute Gasteiger partial charge is 0.246 e. The van der Waals surface area contributed by atoms with Crippen LogP contribution >= 0.6 is 11.6 Å². The molecule has 22 heavy (non-hydrogen) atoms. The zero-order valence-corrected chi connectivity index (χ0v) is 12.8. The summed E-state index contributed by atoms with van der Waals surface area (Å²) in [4.78, 5) is 21.3. The van der Waals surface area contributed by atoms with Crippen LogP contribution in [0.4, 0.5) is 5.69 Å². The van der Waals surface area contributed by atoms with Gasteiger partial charge in [0.25, 0.3) is 0 Å². The minimum Gasteiger partial charge on any atom is -0.290 e. The summed E-state index contributed by atoms with van der Waals surface area (Å²) < 4.78 is 0. The number of carbonyl (C=O) groups excluding carboxylic acids is 1. The Bertz CT molecular complexity index is 706. The number of halogens is 1. The van der Waals surface area contributed by atoms with Crippen molar-refractivity contribution in [3.63, 3.8) is 0 Å². The molecule has 2 aliphatic heterocycles. The van der Waals surface area contributed by atoms with Crippen molar-refractivity contribution >= 4 is 23.2 Å². The number of fused-ring (bicyclic) bond motifs is 1. The molecule has 4 rings (SSSR count). The molecule has 2 saturated heterocycles. The van der Waals surface area contributed by atoms with Gasteiger partial charge in [0.15, 0.2) is 0 Å². The van der Waals surface area contributed by atoms with Gasteiger partial charge in [0.1, 0.15) is 6.17 Å². The van der Waals surface area contributed by atoms with E-state index in [0.29, 0.717) is 5.02 Å². The number of nitrogens with zero attached hydrogens (tertiary/aromatic N) is 3. The standard InChI is InChI=1S/C17H16ClN3O/c18-13-5-1-6-14(10-13)21-16(12-4-2-8-19-11-12)20-9-3-7-15(20)17(21)22/h1-2,4-6,8,10-11,15-16H,3,7,9H2/t15-,16+/m0/s1. The summed E-state index contributed by atoms with van der Waals surface area (Å²) in [6.45, 7) is 0.938. The Kier molecular flexibility index (Phi) is 3.36. The van der Waals surface area contributed by atoms with E-state index in [1.807, 2.05) is 47.5 Å². The predicted molar refractivity (Wildman–Crippen MR) is 85.6 cm³/mol. The van der Waals surface area contributed by atoms with E-state index >= 15 is 0 Å². The van der Waals surface area contributed by atoms with Crippen LogP contribution in [0.1, 0.15) is 24.6 Å². The van der Waals surface area contributed by atoms with Crippen LogP contribution in [0.2, 0.25) is 5.02 Å². The maximum absolute atomic E-state index is 12.9. The van der Waals surface area contributed by atoms with E-state index in [9.17, 15) is 4.79 Å². The van der Waals surface area contributed by atoms with E-state index < -0.39 is 0 Å². The second-order valence-electron chi connectivity index (χ2n) is 5.74. The Balaban J connectivity index is 1.82. The van der Waals surface area contributed by atoms with Gasteiger partial charge in [-0.1, -0.05) is 23.7 Å². The molecule has 2 fully saturated rings. The molecular weight excluding hydrogens is 298 g/mol. The molecule has 0 bridgehead atoms. The van der Waals surface area contributed by atoms with Gasteiger partial charge in [0, 0.05) is 35.2 Å². The lowest BCUT2D eigenvalue weighted by molar-refractivity contribution is -0.119. The molecule has 5 heteroatoms. The van der Waals surface area contributed by atoms with Crippen molar-refractivity contribution in [3.8, 4) is 0 Å². The quantitative estimate of drug-likeness (QED) is 0.854. The van der Waals surface area contributed by atoms with Crippen LogP contribution in [0.3, 0.4) is 0 Å². The molecule has 0 aliphatic carbocycles. The molecule has 0 spiro atoms. The maximum atomic E-state index is 12.9. The van der Waals surface area contributed by atoms with Gasteiger partial charge in [-0.3, -0.25) is 19.6 Å². The fourth-order valence-electron chi connectivity index (χ4n) is 3.54. The summed E-state index contributed by atoms with van der Waals surface area (Å²) in [6.07, 6.45) is 5.50. The van der Waals surface area contributed by atoms with Crippen LogP contribution in [0.15, 0.2) is 48.8 Å². The molecule has 1 aromatic heterocycles. The molecule has 4 nitrogen and oxygen atoms in total. The highest BCUT2D eigenvalue weighted by atomic mass is 35.5. The van der Waals surface area contributed by atoms with Gasteiger partial charge >= 0.3 is 0 Å². The lowest BCUT2D eigenvalue weighted by Gasteiger charge is -2.29. The van der Waals surface area contributed by atoms with E-state index in [1.165, 1.54) is 0 Å². The Morgan fingerprint density at radius 1 is 1.23 bits per heavy atom. The van der Waals surface area contributed by atoms with Crippen LogP contribution in [0.25, 0.3) is 0 Å². The monoisotopic (exact) mass is 313 g/mol. The van der Waals surface area contributed by atoms with Crippen LogP contribution in [0.5, 0.6) is 0 Å². The van der Waals surface area contributed by atoms with Crippen LogP contribution in [-0.4, -0.2) is 28.4 Å². The first-order valence-corrected chi connectivity index (χ1v) is 7.88. The average molecular weight is 314 g/mol. The highest BCUT2D eigenvalue weighted by Crippen LogP contribution is 2.42. The summed E-state index contributed by atoms with van der Waals surface area (Å²) >= 11 is 6.12. The molecule has 1 amide bonds. The molecule has 112 valence electrons. The molecule has 2 aliphatic rings. The van der Waals surface area contributed by atoms with Crippen molar-refractivity contribution in [2.75, 3.05) is 11.4 Å². The molecule has 0 N–H and O–H groups in total. The molecule has 0 radical (unpaired) electrons. The van der Waals surface area contributed by atoms with Gasteiger partial charge < -0.3 is 0 Å². The number of pyridine rings is 1. The molecule has 0 unspecified atom stereocenters.